The van der Waals surface area contributed by atoms with Crippen molar-refractivity contribution >= 4 is 46.6 Å². The van der Waals surface area contributed by atoms with Gasteiger partial charge in [-0.05, 0) is 12.5 Å². The van der Waals surface area contributed by atoms with Crippen molar-refractivity contribution in [1.29, 1.82) is 0 Å². The molecule has 0 N–H and O–H groups in total. The maximum Gasteiger partial charge on any atom is 0.357 e. The zero-order valence-corrected chi connectivity index (χ0v) is 12.2. The molecule has 4 nitrogen and oxygen atoms in total. The van der Waals surface area contributed by atoms with Crippen molar-refractivity contribution in [2.75, 3.05) is 20.0 Å². The Balaban J connectivity index is 4.63. The minimum absolute atomic E-state index is 0.119. The van der Waals surface area contributed by atoms with Crippen LogP contribution in [0.1, 0.15) is 13.3 Å². The lowest BCUT2D eigenvalue weighted by molar-refractivity contribution is -0.133. The van der Waals surface area contributed by atoms with Crippen molar-refractivity contribution in [3.05, 3.63) is 10.6 Å². The predicted octanol–water partition coefficient (Wildman–Crippen LogP) is 2.99. The molecule has 0 aromatic heterocycles. The van der Waals surface area contributed by atoms with Gasteiger partial charge in [0.25, 0.3) is 0 Å². The summed E-state index contributed by atoms with van der Waals surface area (Å²) in [5, 5.41) is 3.58. The van der Waals surface area contributed by atoms with E-state index < -0.39 is 5.97 Å². The number of esters is 1. The molecule has 0 aromatic rings. The third-order valence-corrected chi connectivity index (χ3v) is 3.42. The van der Waals surface area contributed by atoms with Gasteiger partial charge in [0, 0.05) is 5.75 Å². The van der Waals surface area contributed by atoms with E-state index in [1.165, 1.54) is 26.0 Å². The summed E-state index contributed by atoms with van der Waals surface area (Å²) in [4.78, 5) is 16.1. The molecule has 0 aliphatic heterocycles. The van der Waals surface area contributed by atoms with Gasteiger partial charge in [-0.1, -0.05) is 35.3 Å². The highest BCUT2D eigenvalue weighted by Crippen LogP contribution is 2.19. The van der Waals surface area contributed by atoms with E-state index >= 15 is 0 Å². The van der Waals surface area contributed by atoms with Crippen LogP contribution in [0.5, 0.6) is 0 Å². The number of carbonyl (C=O) groups excluding carboxylic acids is 1. The Bertz CT molecular complexity index is 304. The van der Waals surface area contributed by atoms with Crippen molar-refractivity contribution < 1.29 is 14.4 Å². The lowest BCUT2D eigenvalue weighted by Crippen LogP contribution is -2.27. The maximum atomic E-state index is 11.5. The Hall–Kier alpha value is -0.390. The van der Waals surface area contributed by atoms with Crippen LogP contribution < -0.4 is 0 Å². The van der Waals surface area contributed by atoms with Crippen molar-refractivity contribution in [2.45, 2.75) is 18.6 Å². The highest BCUT2D eigenvalue weighted by molar-refractivity contribution is 8.00. The number of hydrogen-bond acceptors (Lipinski definition) is 5. The highest BCUT2D eigenvalue weighted by atomic mass is 35.5. The molecule has 98 valence electrons. The van der Waals surface area contributed by atoms with E-state index in [0.29, 0.717) is 5.75 Å². The molecule has 0 aliphatic rings. The minimum Gasteiger partial charge on any atom is -0.464 e. The monoisotopic (exact) mass is 299 g/mol. The summed E-state index contributed by atoms with van der Waals surface area (Å²) in [6, 6.07) is 0. The van der Waals surface area contributed by atoms with Gasteiger partial charge in [0.2, 0.25) is 0 Å². The first-order valence-electron chi connectivity index (χ1n) is 4.88. The van der Waals surface area contributed by atoms with E-state index in [9.17, 15) is 4.79 Å². The van der Waals surface area contributed by atoms with Crippen LogP contribution in [0, 0.1) is 0 Å². The average molecular weight is 300 g/mol. The van der Waals surface area contributed by atoms with E-state index in [1.54, 1.807) is 6.08 Å². The summed E-state index contributed by atoms with van der Waals surface area (Å²) in [6.07, 6.45) is 2.37. The molecular formula is C10H15Cl2NO3S. The zero-order chi connectivity index (χ0) is 13.3. The van der Waals surface area contributed by atoms with Crippen molar-refractivity contribution in [3.63, 3.8) is 0 Å². The van der Waals surface area contributed by atoms with Crippen molar-refractivity contribution in [2.24, 2.45) is 5.16 Å². The minimum atomic E-state index is -0.493. The molecule has 0 rings (SSSR count). The van der Waals surface area contributed by atoms with Crippen LogP contribution in [-0.2, 0) is 14.4 Å². The van der Waals surface area contributed by atoms with Crippen LogP contribution in [-0.4, -0.2) is 36.9 Å². The Labute approximate surface area is 115 Å². The number of methoxy groups -OCH3 is 1. The molecule has 0 amide bonds. The van der Waals surface area contributed by atoms with E-state index in [2.05, 4.69) is 14.7 Å². The molecule has 0 radical (unpaired) electrons. The molecule has 1 unspecified atom stereocenters. The van der Waals surface area contributed by atoms with Gasteiger partial charge >= 0.3 is 5.97 Å². The number of thioether (sulfide) groups is 1. The van der Waals surface area contributed by atoms with Gasteiger partial charge in [0.1, 0.15) is 11.6 Å². The van der Waals surface area contributed by atoms with Crippen LogP contribution in [0.2, 0.25) is 0 Å². The number of rotatable bonds is 7. The van der Waals surface area contributed by atoms with E-state index in [1.807, 2.05) is 6.92 Å². The van der Waals surface area contributed by atoms with Crippen LogP contribution in [0.3, 0.4) is 0 Å². The van der Waals surface area contributed by atoms with Crippen LogP contribution in [0.4, 0.5) is 0 Å². The maximum absolute atomic E-state index is 11.5. The first-order valence-corrected chi connectivity index (χ1v) is 6.69. The number of ether oxygens (including phenoxy) is 1. The summed E-state index contributed by atoms with van der Waals surface area (Å²) < 4.78 is 4.85. The summed E-state index contributed by atoms with van der Waals surface area (Å²) in [7, 11) is 2.69. The van der Waals surface area contributed by atoms with Gasteiger partial charge < -0.3 is 9.57 Å². The van der Waals surface area contributed by atoms with Crippen LogP contribution in [0.15, 0.2) is 15.7 Å². The molecule has 0 fully saturated rings. The van der Waals surface area contributed by atoms with Crippen LogP contribution >= 0.6 is 35.0 Å². The number of nitrogens with zero attached hydrogens (tertiary/aromatic N) is 1. The summed E-state index contributed by atoms with van der Waals surface area (Å²) in [6.45, 7) is 1.94. The van der Waals surface area contributed by atoms with Gasteiger partial charge in [0.15, 0.2) is 5.71 Å². The average Bonchev–Trinajstić information content (AvgIpc) is 2.31. The largest absolute Gasteiger partial charge is 0.464 e. The Morgan fingerprint density at radius 1 is 1.47 bits per heavy atom. The molecule has 7 heteroatoms. The van der Waals surface area contributed by atoms with Gasteiger partial charge in [-0.25, -0.2) is 4.79 Å². The van der Waals surface area contributed by atoms with Gasteiger partial charge in [0.05, 0.1) is 12.4 Å². The molecule has 17 heavy (non-hydrogen) atoms. The van der Waals surface area contributed by atoms with Gasteiger partial charge in [-0.3, -0.25) is 0 Å². The molecule has 0 heterocycles. The fraction of sp³-hybridized carbons (Fsp3) is 0.600. The highest BCUT2D eigenvalue weighted by Gasteiger charge is 2.23. The lowest BCUT2D eigenvalue weighted by Gasteiger charge is -2.13. The fourth-order valence-corrected chi connectivity index (χ4v) is 2.41. The summed E-state index contributed by atoms with van der Waals surface area (Å²) in [5.74, 6) is 0.0905. The van der Waals surface area contributed by atoms with Crippen LogP contribution in [0.25, 0.3) is 0 Å². The fourth-order valence-electron chi connectivity index (χ4n) is 1.05. The number of halogens is 2. The van der Waals surface area contributed by atoms with Crippen molar-refractivity contribution in [1.82, 2.24) is 0 Å². The molecule has 0 saturated heterocycles. The predicted molar refractivity (Wildman–Crippen MR) is 72.8 cm³/mol. The first kappa shape index (κ1) is 16.6. The SMILES string of the molecule is CCC(SCC=C(Cl)Cl)C(=NOC)C(=O)OC. The number of carbonyl (C=O) groups is 1. The third-order valence-electron chi connectivity index (χ3n) is 1.79. The molecule has 0 aromatic carbocycles. The smallest absolute Gasteiger partial charge is 0.357 e. The summed E-state index contributed by atoms with van der Waals surface area (Å²) >= 11 is 12.5. The third kappa shape index (κ3) is 6.81. The molecule has 0 bridgehead atoms. The quantitative estimate of drug-likeness (QED) is 0.412. The normalized spacial score (nSPS) is 12.9. The zero-order valence-electron chi connectivity index (χ0n) is 9.91. The lowest BCUT2D eigenvalue weighted by atomic mass is 10.2. The topological polar surface area (TPSA) is 47.9 Å². The Morgan fingerprint density at radius 3 is 2.53 bits per heavy atom. The molecular weight excluding hydrogens is 285 g/mol. The van der Waals surface area contributed by atoms with E-state index in [0.717, 1.165) is 6.42 Å². The van der Waals surface area contributed by atoms with E-state index in [4.69, 9.17) is 23.2 Å². The summed E-state index contributed by atoms with van der Waals surface area (Å²) in [5.41, 5.74) is 0.251. The second-order valence-corrected chi connectivity index (χ2v) is 5.12. The number of hydrogen-bond donors (Lipinski definition) is 0. The van der Waals surface area contributed by atoms with Crippen molar-refractivity contribution in [3.8, 4) is 0 Å². The Morgan fingerprint density at radius 2 is 2.12 bits per heavy atom. The first-order chi connectivity index (χ1) is 8.06. The number of oxime groups is 1. The standard InChI is InChI=1S/C10H15Cl2NO3S/c1-4-7(17-6-5-8(11)12)9(13-16-3)10(14)15-2/h5,7H,4,6H2,1-3H3. The van der Waals surface area contributed by atoms with Gasteiger partial charge in [-0.2, -0.15) is 0 Å². The molecule has 0 saturated carbocycles. The second-order valence-electron chi connectivity index (χ2n) is 2.87. The second kappa shape index (κ2) is 9.62. The van der Waals surface area contributed by atoms with E-state index in [-0.39, 0.29) is 15.5 Å². The molecule has 1 atom stereocenters. The Kier molecular flexibility index (Phi) is 9.40. The molecule has 0 spiro atoms. The molecule has 0 aliphatic carbocycles. The van der Waals surface area contributed by atoms with Gasteiger partial charge in [-0.15, -0.1) is 11.8 Å².